The van der Waals surface area contributed by atoms with Crippen LogP contribution in [-0.4, -0.2) is 34.9 Å². The molecule has 0 aliphatic carbocycles. The molecule has 0 saturated carbocycles. The third kappa shape index (κ3) is 3.46. The first kappa shape index (κ1) is 13.8. The molecule has 0 atom stereocenters. The van der Waals surface area contributed by atoms with E-state index in [9.17, 15) is 4.79 Å². The van der Waals surface area contributed by atoms with Crippen molar-refractivity contribution in [2.75, 3.05) is 18.4 Å². The second-order valence-electron chi connectivity index (χ2n) is 5.54. The van der Waals surface area contributed by atoms with Crippen molar-refractivity contribution >= 4 is 11.6 Å². The molecule has 1 N–H and O–H groups in total. The minimum absolute atomic E-state index is 0.183. The Kier molecular flexibility index (Phi) is 4.40. The molecule has 104 valence electrons. The standard InChI is InChI=1S/C15H23N3O/c1-11(2)14-4-7-16-10-15(14)17-13-5-8-18(9-6-13)12(3)19/h4,7,10-11,13,17H,5-6,8-9H2,1-3H3. The summed E-state index contributed by atoms with van der Waals surface area (Å²) < 4.78 is 0. The van der Waals surface area contributed by atoms with Crippen LogP contribution in [0.5, 0.6) is 0 Å². The Morgan fingerprint density at radius 2 is 2.11 bits per heavy atom. The van der Waals surface area contributed by atoms with Crippen molar-refractivity contribution in [2.24, 2.45) is 0 Å². The van der Waals surface area contributed by atoms with E-state index >= 15 is 0 Å². The Morgan fingerprint density at radius 3 is 2.68 bits per heavy atom. The lowest BCUT2D eigenvalue weighted by atomic mass is 10.0. The molecule has 19 heavy (non-hydrogen) atoms. The van der Waals surface area contributed by atoms with Gasteiger partial charge in [0.2, 0.25) is 5.91 Å². The molecule has 2 rings (SSSR count). The molecule has 1 fully saturated rings. The number of pyridine rings is 1. The molecule has 0 spiro atoms. The average molecular weight is 261 g/mol. The number of likely N-dealkylation sites (tertiary alicyclic amines) is 1. The molecule has 1 amide bonds. The average Bonchev–Trinajstić information content (AvgIpc) is 2.39. The van der Waals surface area contributed by atoms with E-state index in [-0.39, 0.29) is 5.91 Å². The first-order valence-corrected chi connectivity index (χ1v) is 7.04. The van der Waals surface area contributed by atoms with E-state index < -0.39 is 0 Å². The molecule has 2 heterocycles. The Labute approximate surface area is 115 Å². The normalized spacial score (nSPS) is 16.7. The van der Waals surface area contributed by atoms with Gasteiger partial charge in [-0.25, -0.2) is 0 Å². The highest BCUT2D eigenvalue weighted by atomic mass is 16.2. The number of hydrogen-bond donors (Lipinski definition) is 1. The summed E-state index contributed by atoms with van der Waals surface area (Å²) in [5.41, 5.74) is 2.45. The highest BCUT2D eigenvalue weighted by Gasteiger charge is 2.21. The van der Waals surface area contributed by atoms with Gasteiger partial charge < -0.3 is 10.2 Å². The molecule has 4 nitrogen and oxygen atoms in total. The molecule has 1 aromatic rings. The van der Waals surface area contributed by atoms with Crippen molar-refractivity contribution in [1.82, 2.24) is 9.88 Å². The zero-order valence-corrected chi connectivity index (χ0v) is 12.0. The fraction of sp³-hybridized carbons (Fsp3) is 0.600. The maximum atomic E-state index is 11.3. The number of amides is 1. The Bertz CT molecular complexity index is 437. The fourth-order valence-corrected chi connectivity index (χ4v) is 2.59. The van der Waals surface area contributed by atoms with Gasteiger partial charge in [0, 0.05) is 32.3 Å². The third-order valence-corrected chi connectivity index (χ3v) is 3.78. The van der Waals surface area contributed by atoms with E-state index in [1.807, 2.05) is 17.3 Å². The lowest BCUT2D eigenvalue weighted by Crippen LogP contribution is -2.41. The predicted octanol–water partition coefficient (Wildman–Crippen LogP) is 2.63. The van der Waals surface area contributed by atoms with Crippen LogP contribution in [0.15, 0.2) is 18.5 Å². The number of rotatable bonds is 3. The van der Waals surface area contributed by atoms with Gasteiger partial charge in [-0.3, -0.25) is 9.78 Å². The van der Waals surface area contributed by atoms with Gasteiger partial charge in [0.15, 0.2) is 0 Å². The number of piperidine rings is 1. The van der Waals surface area contributed by atoms with Crippen LogP contribution in [0.2, 0.25) is 0 Å². The van der Waals surface area contributed by atoms with Gasteiger partial charge in [0.25, 0.3) is 0 Å². The van der Waals surface area contributed by atoms with Crippen LogP contribution in [0.4, 0.5) is 5.69 Å². The molecule has 0 bridgehead atoms. The first-order chi connectivity index (χ1) is 9.08. The van der Waals surface area contributed by atoms with Gasteiger partial charge in [-0.15, -0.1) is 0 Å². The van der Waals surface area contributed by atoms with Gasteiger partial charge in [-0.05, 0) is 30.4 Å². The SMILES string of the molecule is CC(=O)N1CCC(Nc2cnccc2C(C)C)CC1. The molecule has 0 unspecified atom stereocenters. The zero-order chi connectivity index (χ0) is 13.8. The van der Waals surface area contributed by atoms with Gasteiger partial charge in [0.1, 0.15) is 0 Å². The molecule has 0 aromatic carbocycles. The van der Waals surface area contributed by atoms with Gasteiger partial charge >= 0.3 is 0 Å². The van der Waals surface area contributed by atoms with Crippen LogP contribution in [0.25, 0.3) is 0 Å². The fourth-order valence-electron chi connectivity index (χ4n) is 2.59. The van der Waals surface area contributed by atoms with E-state index in [1.54, 1.807) is 6.92 Å². The second-order valence-corrected chi connectivity index (χ2v) is 5.54. The number of aromatic nitrogens is 1. The summed E-state index contributed by atoms with van der Waals surface area (Å²) in [4.78, 5) is 17.4. The molecule has 1 saturated heterocycles. The van der Waals surface area contributed by atoms with Crippen molar-refractivity contribution in [2.45, 2.75) is 45.6 Å². The molecule has 1 aromatic heterocycles. The monoisotopic (exact) mass is 261 g/mol. The minimum atomic E-state index is 0.183. The zero-order valence-electron chi connectivity index (χ0n) is 12.0. The smallest absolute Gasteiger partial charge is 0.219 e. The predicted molar refractivity (Wildman–Crippen MR) is 77.2 cm³/mol. The summed E-state index contributed by atoms with van der Waals surface area (Å²) in [5.74, 6) is 0.672. The molecular formula is C15H23N3O. The van der Waals surface area contributed by atoms with Crippen molar-refractivity contribution in [3.05, 3.63) is 24.0 Å². The van der Waals surface area contributed by atoms with E-state index in [0.29, 0.717) is 12.0 Å². The quantitative estimate of drug-likeness (QED) is 0.909. The van der Waals surface area contributed by atoms with Crippen LogP contribution in [-0.2, 0) is 4.79 Å². The Balaban J connectivity index is 1.98. The summed E-state index contributed by atoms with van der Waals surface area (Å²) >= 11 is 0. The molecule has 1 aliphatic rings. The van der Waals surface area contributed by atoms with E-state index in [2.05, 4.69) is 30.2 Å². The summed E-state index contributed by atoms with van der Waals surface area (Å²) in [7, 11) is 0. The van der Waals surface area contributed by atoms with Crippen LogP contribution >= 0.6 is 0 Å². The molecular weight excluding hydrogens is 238 g/mol. The number of carbonyl (C=O) groups is 1. The largest absolute Gasteiger partial charge is 0.381 e. The van der Waals surface area contributed by atoms with E-state index in [1.165, 1.54) is 5.56 Å². The van der Waals surface area contributed by atoms with Crippen molar-refractivity contribution in [3.8, 4) is 0 Å². The topological polar surface area (TPSA) is 45.2 Å². The highest BCUT2D eigenvalue weighted by Crippen LogP contribution is 2.25. The highest BCUT2D eigenvalue weighted by molar-refractivity contribution is 5.73. The summed E-state index contributed by atoms with van der Waals surface area (Å²) in [6.45, 7) is 7.73. The van der Waals surface area contributed by atoms with E-state index in [0.717, 1.165) is 31.6 Å². The maximum Gasteiger partial charge on any atom is 0.219 e. The number of nitrogens with zero attached hydrogens (tertiary/aromatic N) is 2. The minimum Gasteiger partial charge on any atom is -0.381 e. The van der Waals surface area contributed by atoms with Crippen LogP contribution in [0.1, 0.15) is 45.1 Å². The molecule has 0 radical (unpaired) electrons. The summed E-state index contributed by atoms with van der Waals surface area (Å²) in [6, 6.07) is 2.52. The van der Waals surface area contributed by atoms with Crippen LogP contribution in [0.3, 0.4) is 0 Å². The van der Waals surface area contributed by atoms with Gasteiger partial charge in [-0.1, -0.05) is 13.8 Å². The van der Waals surface area contributed by atoms with Crippen molar-refractivity contribution in [1.29, 1.82) is 0 Å². The summed E-state index contributed by atoms with van der Waals surface area (Å²) in [6.07, 6.45) is 5.77. The Hall–Kier alpha value is -1.58. The molecule has 4 heteroatoms. The Morgan fingerprint density at radius 1 is 1.42 bits per heavy atom. The van der Waals surface area contributed by atoms with Crippen molar-refractivity contribution < 1.29 is 4.79 Å². The molecule has 1 aliphatic heterocycles. The second kappa shape index (κ2) is 6.04. The van der Waals surface area contributed by atoms with Crippen molar-refractivity contribution in [3.63, 3.8) is 0 Å². The first-order valence-electron chi connectivity index (χ1n) is 7.04. The summed E-state index contributed by atoms with van der Waals surface area (Å²) in [5, 5.41) is 3.59. The maximum absolute atomic E-state index is 11.3. The number of nitrogens with one attached hydrogen (secondary N) is 1. The number of hydrogen-bond acceptors (Lipinski definition) is 3. The lowest BCUT2D eigenvalue weighted by Gasteiger charge is -2.32. The van der Waals surface area contributed by atoms with Gasteiger partial charge in [-0.2, -0.15) is 0 Å². The number of anilines is 1. The van der Waals surface area contributed by atoms with Crippen LogP contribution in [0, 0.1) is 0 Å². The van der Waals surface area contributed by atoms with E-state index in [4.69, 9.17) is 0 Å². The third-order valence-electron chi connectivity index (χ3n) is 3.78. The number of carbonyl (C=O) groups excluding carboxylic acids is 1. The van der Waals surface area contributed by atoms with Gasteiger partial charge in [0.05, 0.1) is 11.9 Å². The van der Waals surface area contributed by atoms with Crippen LogP contribution < -0.4 is 5.32 Å². The lowest BCUT2D eigenvalue weighted by molar-refractivity contribution is -0.129.